The first kappa shape index (κ1) is 12.7. The van der Waals surface area contributed by atoms with E-state index in [1.807, 2.05) is 0 Å². The minimum atomic E-state index is -0.944. The molecule has 0 saturated heterocycles. The molecule has 1 aliphatic rings. The third-order valence-electron chi connectivity index (χ3n) is 3.86. The van der Waals surface area contributed by atoms with Gasteiger partial charge in [-0.2, -0.15) is 0 Å². The van der Waals surface area contributed by atoms with Crippen molar-refractivity contribution in [1.82, 2.24) is 0 Å². The van der Waals surface area contributed by atoms with Crippen LogP contribution in [0.25, 0.3) is 0 Å². The van der Waals surface area contributed by atoms with Crippen molar-refractivity contribution in [1.29, 1.82) is 0 Å². The molecule has 0 aromatic heterocycles. The second kappa shape index (κ2) is 4.52. The molecule has 0 bridgehead atoms. The van der Waals surface area contributed by atoms with E-state index in [1.54, 1.807) is 12.1 Å². The van der Waals surface area contributed by atoms with Crippen LogP contribution < -0.4 is 11.1 Å². The quantitative estimate of drug-likeness (QED) is 0.719. The lowest BCUT2D eigenvalue weighted by Crippen LogP contribution is -2.31. The Kier molecular flexibility index (Phi) is 3.20. The SMILES string of the molecule is CC1(C)CCCC1Nc1ccc(N)cc1C(=O)O. The van der Waals surface area contributed by atoms with Crippen molar-refractivity contribution in [3.8, 4) is 0 Å². The summed E-state index contributed by atoms with van der Waals surface area (Å²) in [4.78, 5) is 11.2. The molecular weight excluding hydrogens is 228 g/mol. The van der Waals surface area contributed by atoms with E-state index >= 15 is 0 Å². The van der Waals surface area contributed by atoms with Gasteiger partial charge in [0, 0.05) is 17.4 Å². The number of carboxylic acid groups (broad SMARTS) is 1. The fourth-order valence-corrected chi connectivity index (χ4v) is 2.65. The lowest BCUT2D eigenvalue weighted by molar-refractivity contribution is 0.0698. The van der Waals surface area contributed by atoms with Crippen molar-refractivity contribution in [3.63, 3.8) is 0 Å². The molecule has 1 saturated carbocycles. The standard InChI is InChI=1S/C14H20N2O2/c1-14(2)7-3-4-12(14)16-11-6-5-9(15)8-10(11)13(17)18/h5-6,8,12,16H,3-4,7,15H2,1-2H3,(H,17,18). The summed E-state index contributed by atoms with van der Waals surface area (Å²) in [6.45, 7) is 4.44. The Morgan fingerprint density at radius 2 is 2.22 bits per heavy atom. The first-order valence-electron chi connectivity index (χ1n) is 6.29. The maximum Gasteiger partial charge on any atom is 0.337 e. The van der Waals surface area contributed by atoms with E-state index in [1.165, 1.54) is 18.9 Å². The van der Waals surface area contributed by atoms with Crippen molar-refractivity contribution in [2.24, 2.45) is 5.41 Å². The van der Waals surface area contributed by atoms with Gasteiger partial charge in [0.2, 0.25) is 0 Å². The number of benzene rings is 1. The number of nitrogens with one attached hydrogen (secondary N) is 1. The molecule has 98 valence electrons. The zero-order valence-corrected chi connectivity index (χ0v) is 10.9. The number of anilines is 2. The highest BCUT2D eigenvalue weighted by molar-refractivity contribution is 5.95. The topological polar surface area (TPSA) is 75.3 Å². The summed E-state index contributed by atoms with van der Waals surface area (Å²) in [6.07, 6.45) is 3.43. The van der Waals surface area contributed by atoms with Gasteiger partial charge in [-0.3, -0.25) is 0 Å². The summed E-state index contributed by atoms with van der Waals surface area (Å²) in [5.74, 6) is -0.944. The molecule has 0 aliphatic heterocycles. The highest BCUT2D eigenvalue weighted by Gasteiger charge is 2.34. The number of aromatic carboxylic acids is 1. The minimum absolute atomic E-state index is 0.206. The van der Waals surface area contributed by atoms with E-state index in [9.17, 15) is 9.90 Å². The number of hydrogen-bond acceptors (Lipinski definition) is 3. The molecular formula is C14H20N2O2. The van der Waals surface area contributed by atoms with E-state index < -0.39 is 5.97 Å². The highest BCUT2D eigenvalue weighted by Crippen LogP contribution is 2.39. The van der Waals surface area contributed by atoms with Crippen LogP contribution in [0.1, 0.15) is 43.5 Å². The second-order valence-corrected chi connectivity index (χ2v) is 5.69. The monoisotopic (exact) mass is 248 g/mol. The van der Waals surface area contributed by atoms with Gasteiger partial charge in [-0.25, -0.2) is 4.79 Å². The third kappa shape index (κ3) is 2.42. The Hall–Kier alpha value is -1.71. The maximum absolute atomic E-state index is 11.2. The third-order valence-corrected chi connectivity index (χ3v) is 3.86. The second-order valence-electron chi connectivity index (χ2n) is 5.69. The first-order chi connectivity index (χ1) is 8.40. The molecule has 0 spiro atoms. The van der Waals surface area contributed by atoms with Crippen LogP contribution in [0, 0.1) is 5.41 Å². The lowest BCUT2D eigenvalue weighted by atomic mass is 9.87. The Morgan fingerprint density at radius 1 is 1.50 bits per heavy atom. The van der Waals surface area contributed by atoms with Gasteiger partial charge in [0.05, 0.1) is 5.56 Å². The number of hydrogen-bond donors (Lipinski definition) is 3. The molecule has 1 atom stereocenters. The predicted molar refractivity (Wildman–Crippen MR) is 72.9 cm³/mol. The van der Waals surface area contributed by atoms with E-state index in [-0.39, 0.29) is 11.0 Å². The first-order valence-corrected chi connectivity index (χ1v) is 6.29. The molecule has 18 heavy (non-hydrogen) atoms. The normalized spacial score (nSPS) is 21.8. The zero-order valence-electron chi connectivity index (χ0n) is 10.9. The Labute approximate surface area is 107 Å². The summed E-state index contributed by atoms with van der Waals surface area (Å²) in [6, 6.07) is 5.32. The number of nitrogens with two attached hydrogens (primary N) is 1. The molecule has 1 aliphatic carbocycles. The molecule has 0 amide bonds. The summed E-state index contributed by atoms with van der Waals surface area (Å²) >= 11 is 0. The van der Waals surface area contributed by atoms with Crippen molar-refractivity contribution in [2.75, 3.05) is 11.1 Å². The molecule has 1 aromatic rings. The van der Waals surface area contributed by atoms with Gasteiger partial charge in [0.1, 0.15) is 0 Å². The summed E-state index contributed by atoms with van der Waals surface area (Å²) < 4.78 is 0. The van der Waals surface area contributed by atoms with Gasteiger partial charge in [0.25, 0.3) is 0 Å². The van der Waals surface area contributed by atoms with Gasteiger partial charge >= 0.3 is 5.97 Å². The van der Waals surface area contributed by atoms with Crippen molar-refractivity contribution < 1.29 is 9.90 Å². The van der Waals surface area contributed by atoms with Crippen LogP contribution in [0.5, 0.6) is 0 Å². The molecule has 1 unspecified atom stereocenters. The van der Waals surface area contributed by atoms with Crippen molar-refractivity contribution in [2.45, 2.75) is 39.2 Å². The Morgan fingerprint density at radius 3 is 2.78 bits per heavy atom. The minimum Gasteiger partial charge on any atom is -0.478 e. The molecule has 0 heterocycles. The molecule has 1 aromatic carbocycles. The number of rotatable bonds is 3. The smallest absolute Gasteiger partial charge is 0.337 e. The van der Waals surface area contributed by atoms with Crippen LogP contribution >= 0.6 is 0 Å². The number of carbonyl (C=O) groups is 1. The van der Waals surface area contributed by atoms with Crippen LogP contribution in [0.15, 0.2) is 18.2 Å². The molecule has 0 radical (unpaired) electrons. The van der Waals surface area contributed by atoms with E-state index in [2.05, 4.69) is 19.2 Å². The summed E-state index contributed by atoms with van der Waals surface area (Å²) in [7, 11) is 0. The van der Waals surface area contributed by atoms with Gasteiger partial charge < -0.3 is 16.2 Å². The number of nitrogen functional groups attached to an aromatic ring is 1. The summed E-state index contributed by atoms with van der Waals surface area (Å²) in [5.41, 5.74) is 7.23. The average molecular weight is 248 g/mol. The van der Waals surface area contributed by atoms with E-state index in [0.29, 0.717) is 17.4 Å². The molecule has 1 fully saturated rings. The largest absolute Gasteiger partial charge is 0.478 e. The molecule has 2 rings (SSSR count). The fourth-order valence-electron chi connectivity index (χ4n) is 2.65. The van der Waals surface area contributed by atoms with Crippen molar-refractivity contribution in [3.05, 3.63) is 23.8 Å². The molecule has 4 N–H and O–H groups in total. The molecule has 4 nitrogen and oxygen atoms in total. The van der Waals surface area contributed by atoms with E-state index in [4.69, 9.17) is 5.73 Å². The van der Waals surface area contributed by atoms with E-state index in [0.717, 1.165) is 6.42 Å². The fraction of sp³-hybridized carbons (Fsp3) is 0.500. The van der Waals surface area contributed by atoms with Crippen LogP contribution in [0.2, 0.25) is 0 Å². The highest BCUT2D eigenvalue weighted by atomic mass is 16.4. The van der Waals surface area contributed by atoms with Crippen molar-refractivity contribution >= 4 is 17.3 Å². The average Bonchev–Trinajstić information content (AvgIpc) is 2.60. The Balaban J connectivity index is 2.26. The van der Waals surface area contributed by atoms with Gasteiger partial charge in [-0.15, -0.1) is 0 Å². The maximum atomic E-state index is 11.2. The Bertz CT molecular complexity index is 469. The zero-order chi connectivity index (χ0) is 13.3. The van der Waals surface area contributed by atoms with Crippen LogP contribution in [-0.4, -0.2) is 17.1 Å². The van der Waals surface area contributed by atoms with Gasteiger partial charge in [0.15, 0.2) is 0 Å². The molecule has 4 heteroatoms. The number of carboxylic acids is 1. The van der Waals surface area contributed by atoms with Gasteiger partial charge in [-0.1, -0.05) is 20.3 Å². The predicted octanol–water partition coefficient (Wildman–Crippen LogP) is 2.96. The lowest BCUT2D eigenvalue weighted by Gasteiger charge is -2.29. The summed E-state index contributed by atoms with van der Waals surface area (Å²) in [5, 5.41) is 12.6. The van der Waals surface area contributed by atoms with Crippen LogP contribution in [0.4, 0.5) is 11.4 Å². The van der Waals surface area contributed by atoms with Crippen LogP contribution in [0.3, 0.4) is 0 Å². The van der Waals surface area contributed by atoms with Gasteiger partial charge in [-0.05, 0) is 36.5 Å². The van der Waals surface area contributed by atoms with Crippen LogP contribution in [-0.2, 0) is 0 Å².